The first-order valence-electron chi connectivity index (χ1n) is 10.3. The average Bonchev–Trinajstić information content (AvgIpc) is 3.13. The molecule has 0 unspecified atom stereocenters. The van der Waals surface area contributed by atoms with E-state index in [4.69, 9.17) is 10.8 Å². The summed E-state index contributed by atoms with van der Waals surface area (Å²) in [5.74, 6) is 0.331. The van der Waals surface area contributed by atoms with Gasteiger partial charge in [-0.05, 0) is 23.0 Å². The lowest BCUT2D eigenvalue weighted by Gasteiger charge is -2.27. The van der Waals surface area contributed by atoms with Crippen molar-refractivity contribution >= 4 is 17.1 Å². The number of Topliss-reactive ketones (excluding diaryl/α,β-unsaturated/α-hetero) is 1. The Morgan fingerprint density at radius 1 is 0.938 bits per heavy atom. The summed E-state index contributed by atoms with van der Waals surface area (Å²) in [5, 5.41) is 14.8. The van der Waals surface area contributed by atoms with Gasteiger partial charge in [-0.1, -0.05) is 74.5 Å². The maximum atomic E-state index is 13.3. The number of hydrogen-bond acceptors (Lipinski definition) is 4. The zero-order valence-electron chi connectivity index (χ0n) is 18.0. The molecule has 0 saturated carbocycles. The third kappa shape index (κ3) is 3.15. The topological polar surface area (TPSA) is 116 Å². The average molecular weight is 425 g/mol. The van der Waals surface area contributed by atoms with Crippen molar-refractivity contribution < 1.29 is 10.3 Å². The van der Waals surface area contributed by atoms with Gasteiger partial charge in [0.1, 0.15) is 17.5 Å². The number of benzene rings is 2. The number of carbonyl (C=O) groups is 1. The van der Waals surface area contributed by atoms with Crippen molar-refractivity contribution in [2.24, 2.45) is 5.41 Å². The Hall–Kier alpha value is -3.95. The quantitative estimate of drug-likeness (QED) is 0.511. The first kappa shape index (κ1) is 21.3. The van der Waals surface area contributed by atoms with Gasteiger partial charge in [-0.25, -0.2) is 4.52 Å². The highest BCUT2D eigenvalue weighted by Gasteiger charge is 2.37. The van der Waals surface area contributed by atoms with Crippen LogP contribution in [-0.2, 0) is 6.42 Å². The first-order chi connectivity index (χ1) is 14.9. The molecule has 4 aromatic rings. The lowest BCUT2D eigenvalue weighted by molar-refractivity contribution is 0.0913. The fraction of sp³-hybridized carbons (Fsp3) is 0.192. The Morgan fingerprint density at radius 3 is 2.06 bits per heavy atom. The maximum absolute atomic E-state index is 13.3. The Bertz CT molecular complexity index is 1380. The maximum Gasteiger partial charge on any atom is 0.167 e. The molecule has 0 saturated heterocycles. The third-order valence-electron chi connectivity index (χ3n) is 5.98. The van der Waals surface area contributed by atoms with Crippen LogP contribution in [0.5, 0.6) is 0 Å². The highest BCUT2D eigenvalue weighted by Crippen LogP contribution is 2.45. The monoisotopic (exact) mass is 424 g/mol. The van der Waals surface area contributed by atoms with Gasteiger partial charge >= 0.3 is 0 Å². The van der Waals surface area contributed by atoms with Crippen molar-refractivity contribution in [1.29, 1.82) is 5.26 Å². The molecule has 2 aromatic heterocycles. The fourth-order valence-electron chi connectivity index (χ4n) is 4.69. The first-order valence-corrected chi connectivity index (χ1v) is 10.3. The standard InChI is InChI=1S/C26H22N4O.H2O/c1-26(2)13-19-23(20(31)14-26)24-22(17-11-7-4-8-12-17)21(16-9-5-3-6-10-16)18(15-27)25(28)30(24)29-19;/h3-12H,13-14,28H2,1-2H3;1H2. The summed E-state index contributed by atoms with van der Waals surface area (Å²) in [6.45, 7) is 4.16. The van der Waals surface area contributed by atoms with Gasteiger partial charge in [-0.3, -0.25) is 4.79 Å². The van der Waals surface area contributed by atoms with Gasteiger partial charge in [0.2, 0.25) is 0 Å². The van der Waals surface area contributed by atoms with E-state index in [2.05, 4.69) is 19.9 Å². The predicted octanol–water partition coefficient (Wildman–Crippen LogP) is 4.45. The van der Waals surface area contributed by atoms with Crippen molar-refractivity contribution in [3.63, 3.8) is 0 Å². The largest absolute Gasteiger partial charge is 0.412 e. The highest BCUT2D eigenvalue weighted by atomic mass is 16.1. The van der Waals surface area contributed by atoms with E-state index < -0.39 is 0 Å². The Kier molecular flexibility index (Phi) is 5.08. The molecule has 160 valence electrons. The molecule has 5 rings (SSSR count). The normalized spacial score (nSPS) is 14.5. The molecular weight excluding hydrogens is 400 g/mol. The van der Waals surface area contributed by atoms with Gasteiger partial charge in [0.05, 0.1) is 16.8 Å². The molecule has 2 heterocycles. The fourth-order valence-corrected chi connectivity index (χ4v) is 4.69. The van der Waals surface area contributed by atoms with E-state index in [0.29, 0.717) is 29.5 Å². The number of rotatable bonds is 2. The molecule has 1 aliphatic rings. The van der Waals surface area contributed by atoms with E-state index in [1.165, 1.54) is 0 Å². The number of ketones is 1. The van der Waals surface area contributed by atoms with Crippen LogP contribution in [0.3, 0.4) is 0 Å². The van der Waals surface area contributed by atoms with Crippen molar-refractivity contribution in [3.05, 3.63) is 77.5 Å². The SMILES string of the molecule is CC1(C)CC(=O)c2c(nn3c(N)c(C#N)c(-c4ccccc4)c(-c4ccccc4)c23)C1.O. The number of nitriles is 1. The van der Waals surface area contributed by atoms with Crippen LogP contribution in [-0.4, -0.2) is 20.9 Å². The van der Waals surface area contributed by atoms with E-state index in [9.17, 15) is 10.1 Å². The van der Waals surface area contributed by atoms with Crippen LogP contribution in [0.4, 0.5) is 5.82 Å². The third-order valence-corrected chi connectivity index (χ3v) is 5.98. The lowest BCUT2D eigenvalue weighted by atomic mass is 9.75. The molecule has 6 nitrogen and oxygen atoms in total. The second-order valence-corrected chi connectivity index (χ2v) is 8.88. The van der Waals surface area contributed by atoms with Gasteiger partial charge < -0.3 is 11.2 Å². The number of nitrogens with two attached hydrogens (primary N) is 1. The molecule has 1 aliphatic carbocycles. The molecule has 6 heteroatoms. The second kappa shape index (κ2) is 7.63. The summed E-state index contributed by atoms with van der Waals surface area (Å²) in [7, 11) is 0. The number of fused-ring (bicyclic) bond motifs is 3. The van der Waals surface area contributed by atoms with Crippen LogP contribution < -0.4 is 5.73 Å². The minimum atomic E-state index is -0.163. The van der Waals surface area contributed by atoms with Gasteiger partial charge in [-0.2, -0.15) is 10.4 Å². The minimum Gasteiger partial charge on any atom is -0.412 e. The van der Waals surface area contributed by atoms with E-state index >= 15 is 0 Å². The molecule has 0 radical (unpaired) electrons. The molecule has 0 aliphatic heterocycles. The lowest BCUT2D eigenvalue weighted by Crippen LogP contribution is -2.26. The van der Waals surface area contributed by atoms with Crippen LogP contribution in [0.1, 0.15) is 41.9 Å². The molecule has 0 spiro atoms. The van der Waals surface area contributed by atoms with Crippen molar-refractivity contribution in [2.45, 2.75) is 26.7 Å². The molecule has 0 atom stereocenters. The number of carbonyl (C=O) groups excluding carboxylic acids is 1. The van der Waals surface area contributed by atoms with Crippen molar-refractivity contribution in [1.82, 2.24) is 9.61 Å². The summed E-state index contributed by atoms with van der Waals surface area (Å²) in [6.07, 6.45) is 1.14. The molecule has 32 heavy (non-hydrogen) atoms. The van der Waals surface area contributed by atoms with Crippen LogP contribution >= 0.6 is 0 Å². The van der Waals surface area contributed by atoms with Gasteiger partial charge in [-0.15, -0.1) is 0 Å². The summed E-state index contributed by atoms with van der Waals surface area (Å²) in [4.78, 5) is 13.3. The summed E-state index contributed by atoms with van der Waals surface area (Å²) >= 11 is 0. The van der Waals surface area contributed by atoms with E-state index in [0.717, 1.165) is 27.9 Å². The molecule has 0 bridgehead atoms. The summed E-state index contributed by atoms with van der Waals surface area (Å²) in [5.41, 5.74) is 12.1. The zero-order chi connectivity index (χ0) is 21.8. The molecule has 4 N–H and O–H groups in total. The van der Waals surface area contributed by atoms with Gasteiger partial charge in [0, 0.05) is 17.5 Å². The van der Waals surface area contributed by atoms with Crippen LogP contribution in [0.25, 0.3) is 27.8 Å². The number of anilines is 1. The number of aromatic nitrogens is 2. The summed E-state index contributed by atoms with van der Waals surface area (Å²) in [6, 6.07) is 21.9. The Labute approximate surface area is 186 Å². The highest BCUT2D eigenvalue weighted by molar-refractivity contribution is 6.11. The smallest absolute Gasteiger partial charge is 0.167 e. The predicted molar refractivity (Wildman–Crippen MR) is 125 cm³/mol. The van der Waals surface area contributed by atoms with Crippen LogP contribution in [0, 0.1) is 16.7 Å². The van der Waals surface area contributed by atoms with Gasteiger partial charge in [0.25, 0.3) is 0 Å². The van der Waals surface area contributed by atoms with E-state index in [-0.39, 0.29) is 22.5 Å². The van der Waals surface area contributed by atoms with Crippen molar-refractivity contribution in [2.75, 3.05) is 5.73 Å². The van der Waals surface area contributed by atoms with E-state index in [1.54, 1.807) is 4.52 Å². The van der Waals surface area contributed by atoms with E-state index in [1.807, 2.05) is 60.7 Å². The second-order valence-electron chi connectivity index (χ2n) is 8.88. The van der Waals surface area contributed by atoms with Crippen LogP contribution in [0.2, 0.25) is 0 Å². The zero-order valence-corrected chi connectivity index (χ0v) is 18.0. The number of nitrogens with zero attached hydrogens (tertiary/aromatic N) is 3. The molecule has 0 amide bonds. The van der Waals surface area contributed by atoms with Crippen LogP contribution in [0.15, 0.2) is 60.7 Å². The summed E-state index contributed by atoms with van der Waals surface area (Å²) < 4.78 is 1.61. The van der Waals surface area contributed by atoms with Crippen molar-refractivity contribution in [3.8, 4) is 28.3 Å². The van der Waals surface area contributed by atoms with Gasteiger partial charge in [0.15, 0.2) is 5.78 Å². The number of pyridine rings is 1. The Balaban J connectivity index is 0.00000245. The molecular formula is C26H24N4O2. The minimum absolute atomic E-state index is 0. The number of hydrogen-bond donors (Lipinski definition) is 1. The number of nitrogen functional groups attached to an aromatic ring is 1. The molecule has 2 aromatic carbocycles. The molecule has 0 fully saturated rings. The Morgan fingerprint density at radius 2 is 1.50 bits per heavy atom.